The van der Waals surface area contributed by atoms with Crippen LogP contribution in [0, 0.1) is 0 Å². The standard InChI is InChI=1S/C9H16F3NS/c1-14-8-4-2-7(3-5-8)13-6-9(10,11)12/h7-8,13H,2-6H2,1H3. The van der Waals surface area contributed by atoms with E-state index in [2.05, 4.69) is 11.6 Å². The fraction of sp³-hybridized carbons (Fsp3) is 1.00. The van der Waals surface area contributed by atoms with Crippen LogP contribution in [0.2, 0.25) is 0 Å². The molecule has 0 atom stereocenters. The molecule has 1 saturated carbocycles. The van der Waals surface area contributed by atoms with Crippen molar-refractivity contribution in [1.29, 1.82) is 0 Å². The van der Waals surface area contributed by atoms with Crippen molar-refractivity contribution in [3.05, 3.63) is 0 Å². The van der Waals surface area contributed by atoms with Gasteiger partial charge in [-0.2, -0.15) is 24.9 Å². The second-order valence-corrected chi connectivity index (χ2v) is 4.84. The van der Waals surface area contributed by atoms with Crippen molar-refractivity contribution in [1.82, 2.24) is 5.32 Å². The maximum atomic E-state index is 11.9. The molecule has 0 aliphatic heterocycles. The minimum atomic E-state index is -4.07. The van der Waals surface area contributed by atoms with Gasteiger partial charge in [-0.25, -0.2) is 0 Å². The molecule has 0 aromatic carbocycles. The summed E-state index contributed by atoms with van der Waals surface area (Å²) in [6.45, 7) is -0.846. The van der Waals surface area contributed by atoms with E-state index in [0.29, 0.717) is 5.25 Å². The van der Waals surface area contributed by atoms with Crippen LogP contribution >= 0.6 is 11.8 Å². The predicted molar refractivity (Wildman–Crippen MR) is 53.6 cm³/mol. The number of halogens is 3. The Hall–Kier alpha value is 0.100. The first-order valence-electron chi connectivity index (χ1n) is 4.84. The van der Waals surface area contributed by atoms with Crippen molar-refractivity contribution in [3.8, 4) is 0 Å². The van der Waals surface area contributed by atoms with Gasteiger partial charge in [0.15, 0.2) is 0 Å². The minimum Gasteiger partial charge on any atom is -0.306 e. The topological polar surface area (TPSA) is 12.0 Å². The molecular formula is C9H16F3NS. The van der Waals surface area contributed by atoms with Gasteiger partial charge >= 0.3 is 6.18 Å². The van der Waals surface area contributed by atoms with Gasteiger partial charge in [-0.1, -0.05) is 0 Å². The zero-order valence-corrected chi connectivity index (χ0v) is 9.05. The molecule has 1 aliphatic carbocycles. The fourth-order valence-corrected chi connectivity index (χ4v) is 2.51. The molecule has 0 bridgehead atoms. The van der Waals surface area contributed by atoms with Crippen LogP contribution in [0.25, 0.3) is 0 Å². The Labute approximate surface area is 86.8 Å². The summed E-state index contributed by atoms with van der Waals surface area (Å²) < 4.78 is 35.7. The average Bonchev–Trinajstić information content (AvgIpc) is 2.14. The highest BCUT2D eigenvalue weighted by Gasteiger charge is 2.29. The molecule has 1 nitrogen and oxygen atoms in total. The molecule has 14 heavy (non-hydrogen) atoms. The van der Waals surface area contributed by atoms with E-state index in [-0.39, 0.29) is 6.04 Å². The molecule has 0 spiro atoms. The largest absolute Gasteiger partial charge is 0.401 e. The molecule has 1 N–H and O–H groups in total. The Morgan fingerprint density at radius 1 is 1.21 bits per heavy atom. The average molecular weight is 227 g/mol. The zero-order chi connectivity index (χ0) is 10.6. The van der Waals surface area contributed by atoms with Gasteiger partial charge in [0.1, 0.15) is 0 Å². The van der Waals surface area contributed by atoms with E-state index >= 15 is 0 Å². The third-order valence-corrected chi connectivity index (χ3v) is 3.74. The van der Waals surface area contributed by atoms with Crippen LogP contribution in [0.1, 0.15) is 25.7 Å². The molecular weight excluding hydrogens is 211 g/mol. The van der Waals surface area contributed by atoms with Gasteiger partial charge in [0, 0.05) is 11.3 Å². The molecule has 1 rings (SSSR count). The molecule has 0 amide bonds. The number of nitrogens with one attached hydrogen (secondary N) is 1. The second-order valence-electron chi connectivity index (χ2n) is 3.71. The van der Waals surface area contributed by atoms with Gasteiger partial charge in [-0.15, -0.1) is 0 Å². The van der Waals surface area contributed by atoms with Crippen LogP contribution in [-0.4, -0.2) is 30.3 Å². The van der Waals surface area contributed by atoms with Crippen molar-refractivity contribution < 1.29 is 13.2 Å². The van der Waals surface area contributed by atoms with Crippen molar-refractivity contribution >= 4 is 11.8 Å². The van der Waals surface area contributed by atoms with Crippen LogP contribution in [0.5, 0.6) is 0 Å². The molecule has 0 radical (unpaired) electrons. The highest BCUT2D eigenvalue weighted by molar-refractivity contribution is 7.99. The van der Waals surface area contributed by atoms with Gasteiger partial charge in [0.2, 0.25) is 0 Å². The third kappa shape index (κ3) is 4.55. The van der Waals surface area contributed by atoms with E-state index in [4.69, 9.17) is 0 Å². The summed E-state index contributed by atoms with van der Waals surface area (Å²) in [5, 5.41) is 3.22. The van der Waals surface area contributed by atoms with Crippen LogP contribution < -0.4 is 5.32 Å². The number of thioether (sulfide) groups is 1. The summed E-state index contributed by atoms with van der Waals surface area (Å²) in [5.41, 5.74) is 0. The van der Waals surface area contributed by atoms with Crippen LogP contribution in [0.15, 0.2) is 0 Å². The van der Waals surface area contributed by atoms with Crippen molar-refractivity contribution in [2.24, 2.45) is 0 Å². The minimum absolute atomic E-state index is 0.0695. The lowest BCUT2D eigenvalue weighted by molar-refractivity contribution is -0.126. The summed E-state index contributed by atoms with van der Waals surface area (Å²) in [6.07, 6.45) is 1.82. The van der Waals surface area contributed by atoms with E-state index in [1.807, 2.05) is 11.8 Å². The SMILES string of the molecule is CSC1CCC(NCC(F)(F)F)CC1. The second kappa shape index (κ2) is 5.26. The zero-order valence-electron chi connectivity index (χ0n) is 8.23. The first kappa shape index (κ1) is 12.2. The summed E-state index contributed by atoms with van der Waals surface area (Å²) in [7, 11) is 0. The maximum Gasteiger partial charge on any atom is 0.401 e. The predicted octanol–water partition coefficient (Wildman–Crippen LogP) is 2.81. The van der Waals surface area contributed by atoms with Gasteiger partial charge in [0.05, 0.1) is 6.54 Å². The molecule has 0 heterocycles. The summed E-state index contributed by atoms with van der Waals surface area (Å²) in [5.74, 6) is 0. The Morgan fingerprint density at radius 2 is 1.79 bits per heavy atom. The van der Waals surface area contributed by atoms with E-state index in [1.54, 1.807) is 0 Å². The maximum absolute atomic E-state index is 11.9. The molecule has 1 aliphatic rings. The first-order valence-corrected chi connectivity index (χ1v) is 6.13. The van der Waals surface area contributed by atoms with Gasteiger partial charge < -0.3 is 5.32 Å². The Balaban J connectivity index is 2.16. The quantitative estimate of drug-likeness (QED) is 0.795. The molecule has 0 unspecified atom stereocenters. The van der Waals surface area contributed by atoms with Crippen molar-refractivity contribution in [3.63, 3.8) is 0 Å². The van der Waals surface area contributed by atoms with Gasteiger partial charge in [-0.05, 0) is 31.9 Å². The molecule has 0 aromatic rings. The number of rotatable bonds is 3. The van der Waals surface area contributed by atoms with Crippen molar-refractivity contribution in [2.75, 3.05) is 12.8 Å². The lowest BCUT2D eigenvalue weighted by atomic mass is 9.95. The van der Waals surface area contributed by atoms with Crippen molar-refractivity contribution in [2.45, 2.75) is 43.2 Å². The van der Waals surface area contributed by atoms with E-state index < -0.39 is 12.7 Å². The summed E-state index contributed by atoms with van der Waals surface area (Å²) in [6, 6.07) is 0.0695. The fourth-order valence-electron chi connectivity index (χ4n) is 1.76. The molecule has 1 fully saturated rings. The summed E-state index contributed by atoms with van der Waals surface area (Å²) >= 11 is 1.82. The van der Waals surface area contributed by atoms with Gasteiger partial charge in [0.25, 0.3) is 0 Å². The Bertz CT molecular complexity index is 164. The van der Waals surface area contributed by atoms with Gasteiger partial charge in [-0.3, -0.25) is 0 Å². The lowest BCUT2D eigenvalue weighted by Crippen LogP contribution is -2.39. The van der Waals surface area contributed by atoms with E-state index in [1.165, 1.54) is 0 Å². The highest BCUT2D eigenvalue weighted by atomic mass is 32.2. The normalized spacial score (nSPS) is 29.1. The lowest BCUT2D eigenvalue weighted by Gasteiger charge is -2.28. The van der Waals surface area contributed by atoms with Crippen LogP contribution in [0.4, 0.5) is 13.2 Å². The first-order chi connectivity index (χ1) is 6.51. The van der Waals surface area contributed by atoms with E-state index in [0.717, 1.165) is 25.7 Å². The molecule has 84 valence electrons. The van der Waals surface area contributed by atoms with Crippen LogP contribution in [0.3, 0.4) is 0 Å². The Morgan fingerprint density at radius 3 is 2.21 bits per heavy atom. The number of alkyl halides is 3. The number of hydrogen-bond donors (Lipinski definition) is 1. The summed E-state index contributed by atoms with van der Waals surface area (Å²) in [4.78, 5) is 0. The smallest absolute Gasteiger partial charge is 0.306 e. The molecule has 0 saturated heterocycles. The molecule has 5 heteroatoms. The van der Waals surface area contributed by atoms with E-state index in [9.17, 15) is 13.2 Å². The van der Waals surface area contributed by atoms with Crippen LogP contribution in [-0.2, 0) is 0 Å². The Kier molecular flexibility index (Phi) is 4.57. The highest BCUT2D eigenvalue weighted by Crippen LogP contribution is 2.27. The third-order valence-electron chi connectivity index (χ3n) is 2.60. The number of hydrogen-bond acceptors (Lipinski definition) is 2. The molecule has 0 aromatic heterocycles. The monoisotopic (exact) mass is 227 g/mol.